The maximum absolute atomic E-state index is 13.5. The van der Waals surface area contributed by atoms with E-state index < -0.39 is 17.5 Å². The normalized spacial score (nSPS) is 20.1. The van der Waals surface area contributed by atoms with Crippen LogP contribution in [0.3, 0.4) is 0 Å². The Bertz CT molecular complexity index is 1260. The van der Waals surface area contributed by atoms with Gasteiger partial charge < -0.3 is 25.0 Å². The largest absolute Gasteiger partial charge is 0.389 e. The van der Waals surface area contributed by atoms with Gasteiger partial charge in [-0.1, -0.05) is 29.8 Å². The third-order valence-corrected chi connectivity index (χ3v) is 8.16. The fraction of sp³-hybridized carbons (Fsp3) is 0.414. The number of aliphatic hydroxyl groups excluding tert-OH is 1. The highest BCUT2D eigenvalue weighted by Gasteiger charge is 2.40. The van der Waals surface area contributed by atoms with E-state index in [0.717, 1.165) is 31.4 Å². The van der Waals surface area contributed by atoms with Gasteiger partial charge in [0.05, 0.1) is 11.7 Å². The minimum Gasteiger partial charge on any atom is -0.389 e. The van der Waals surface area contributed by atoms with Gasteiger partial charge in [0.25, 0.3) is 0 Å². The van der Waals surface area contributed by atoms with E-state index in [1.54, 1.807) is 11.0 Å². The van der Waals surface area contributed by atoms with Crippen molar-refractivity contribution in [2.45, 2.75) is 43.3 Å². The molecular weight excluding hydrogens is 493 g/mol. The van der Waals surface area contributed by atoms with Gasteiger partial charge in [-0.15, -0.1) is 0 Å². The van der Waals surface area contributed by atoms with Crippen LogP contribution in [0, 0.1) is 5.82 Å². The van der Waals surface area contributed by atoms with E-state index in [1.807, 2.05) is 6.07 Å². The monoisotopic (exact) mass is 525 g/mol. The first-order valence-corrected chi connectivity index (χ1v) is 13.3. The summed E-state index contributed by atoms with van der Waals surface area (Å²) in [5.41, 5.74) is 1.82. The van der Waals surface area contributed by atoms with Crippen molar-refractivity contribution >= 4 is 34.5 Å². The van der Waals surface area contributed by atoms with Gasteiger partial charge >= 0.3 is 0 Å². The summed E-state index contributed by atoms with van der Waals surface area (Å²) in [4.78, 5) is 19.9. The molecule has 0 saturated carbocycles. The molecule has 6 nitrogen and oxygen atoms in total. The van der Waals surface area contributed by atoms with Crippen LogP contribution in [-0.4, -0.2) is 75.3 Å². The van der Waals surface area contributed by atoms with Crippen molar-refractivity contribution in [3.63, 3.8) is 0 Å². The summed E-state index contributed by atoms with van der Waals surface area (Å²) in [6.07, 6.45) is 6.82. The Morgan fingerprint density at radius 3 is 2.62 bits per heavy atom. The molecule has 3 N–H and O–H groups in total. The Labute approximate surface area is 221 Å². The van der Waals surface area contributed by atoms with Crippen molar-refractivity contribution in [1.29, 1.82) is 0 Å². The molecule has 2 aromatic carbocycles. The number of likely N-dealkylation sites (tertiary alicyclic amines) is 2. The predicted molar refractivity (Wildman–Crippen MR) is 144 cm³/mol. The maximum atomic E-state index is 13.5. The van der Waals surface area contributed by atoms with Crippen molar-refractivity contribution in [2.24, 2.45) is 0 Å². The lowest BCUT2D eigenvalue weighted by Crippen LogP contribution is -2.56. The molecule has 0 spiro atoms. The first-order valence-electron chi connectivity index (χ1n) is 12.9. The van der Waals surface area contributed by atoms with E-state index in [9.17, 15) is 19.4 Å². The molecule has 1 atom stereocenters. The molecule has 8 heteroatoms. The Morgan fingerprint density at radius 1 is 1.16 bits per heavy atom. The van der Waals surface area contributed by atoms with Crippen LogP contribution in [0.5, 0.6) is 0 Å². The minimum atomic E-state index is -1.22. The van der Waals surface area contributed by atoms with Crippen LogP contribution in [0.25, 0.3) is 17.0 Å². The second-order valence-corrected chi connectivity index (χ2v) is 10.8. The Morgan fingerprint density at radius 2 is 1.89 bits per heavy atom. The van der Waals surface area contributed by atoms with Crippen molar-refractivity contribution in [1.82, 2.24) is 14.8 Å². The van der Waals surface area contributed by atoms with Gasteiger partial charge in [-0.3, -0.25) is 4.79 Å². The van der Waals surface area contributed by atoms with Crippen LogP contribution in [0.4, 0.5) is 4.39 Å². The summed E-state index contributed by atoms with van der Waals surface area (Å²) >= 11 is 5.87. The van der Waals surface area contributed by atoms with E-state index in [4.69, 9.17) is 11.6 Å². The number of piperidine rings is 2. The number of halogens is 2. The number of para-hydroxylation sites is 1. The summed E-state index contributed by atoms with van der Waals surface area (Å²) < 4.78 is 13.5. The van der Waals surface area contributed by atoms with Crippen LogP contribution in [0.1, 0.15) is 42.7 Å². The Kier molecular flexibility index (Phi) is 7.67. The van der Waals surface area contributed by atoms with Crippen molar-refractivity contribution < 1.29 is 19.4 Å². The summed E-state index contributed by atoms with van der Waals surface area (Å²) in [5.74, 6) is -0.187. The molecule has 196 valence electrons. The number of β-amino-alcohol motifs (C(OH)–C–C–N with tert-alkyl or cyclic N) is 1. The van der Waals surface area contributed by atoms with Crippen LogP contribution >= 0.6 is 11.6 Å². The van der Waals surface area contributed by atoms with Gasteiger partial charge in [0.2, 0.25) is 5.91 Å². The van der Waals surface area contributed by atoms with Gasteiger partial charge in [0, 0.05) is 47.8 Å². The van der Waals surface area contributed by atoms with E-state index in [0.29, 0.717) is 44.0 Å². The number of aliphatic hydroxyl groups is 2. The van der Waals surface area contributed by atoms with Crippen LogP contribution in [-0.2, 0) is 4.79 Å². The number of aromatic amines is 1. The molecular formula is C29H33ClFN3O3. The SMILES string of the molecule is O=C(/C=C/c1cc(F)cc(Cl)c1)N1CCC(O)(C(O)CN2CCC(c3c[nH]c4ccccc34)CC2)CC1. The number of carbonyl (C=O) groups excluding carboxylic acids is 1. The second-order valence-electron chi connectivity index (χ2n) is 10.3. The summed E-state index contributed by atoms with van der Waals surface area (Å²) in [6, 6.07) is 12.5. The highest BCUT2D eigenvalue weighted by molar-refractivity contribution is 6.30. The van der Waals surface area contributed by atoms with Gasteiger partial charge in [-0.25, -0.2) is 4.39 Å². The van der Waals surface area contributed by atoms with E-state index >= 15 is 0 Å². The molecule has 1 amide bonds. The highest BCUT2D eigenvalue weighted by atomic mass is 35.5. The third kappa shape index (κ3) is 5.91. The van der Waals surface area contributed by atoms with E-state index in [1.165, 1.54) is 35.2 Å². The number of hydrogen-bond donors (Lipinski definition) is 3. The molecule has 1 aromatic heterocycles. The molecule has 0 aliphatic carbocycles. The number of nitrogens with zero attached hydrogens (tertiary/aromatic N) is 2. The molecule has 3 heterocycles. The number of fused-ring (bicyclic) bond motifs is 1. The van der Waals surface area contributed by atoms with Gasteiger partial charge in [-0.05, 0) is 86.2 Å². The lowest BCUT2D eigenvalue weighted by Gasteiger charge is -2.43. The number of nitrogens with one attached hydrogen (secondary N) is 1. The van der Waals surface area contributed by atoms with Crippen molar-refractivity contribution in [3.8, 4) is 0 Å². The molecule has 3 aromatic rings. The van der Waals surface area contributed by atoms with Crippen molar-refractivity contribution in [3.05, 3.63) is 76.7 Å². The number of H-pyrrole nitrogens is 1. The number of rotatable bonds is 6. The molecule has 0 bridgehead atoms. The standard InChI is InChI=1S/C29H33ClFN3O3/c30-22-15-20(16-23(31)17-22)5-6-28(36)34-13-9-29(37,10-14-34)27(35)19-33-11-7-21(8-12-33)25-18-32-26-4-2-1-3-24(25)26/h1-6,15-18,21,27,32,35,37H,7-14,19H2/b6-5+. The van der Waals surface area contributed by atoms with Crippen LogP contribution in [0.15, 0.2) is 54.7 Å². The Hall–Kier alpha value is -2.71. The maximum Gasteiger partial charge on any atom is 0.246 e. The zero-order valence-corrected chi connectivity index (χ0v) is 21.5. The first kappa shape index (κ1) is 25.9. The van der Waals surface area contributed by atoms with Crippen LogP contribution in [0.2, 0.25) is 5.02 Å². The van der Waals surface area contributed by atoms with Crippen LogP contribution < -0.4 is 0 Å². The smallest absolute Gasteiger partial charge is 0.246 e. The highest BCUT2D eigenvalue weighted by Crippen LogP contribution is 2.34. The zero-order chi connectivity index (χ0) is 26.0. The predicted octanol–water partition coefficient (Wildman–Crippen LogP) is 4.57. The third-order valence-electron chi connectivity index (χ3n) is 7.94. The number of carbonyl (C=O) groups is 1. The molecule has 2 fully saturated rings. The summed E-state index contributed by atoms with van der Waals surface area (Å²) in [7, 11) is 0. The average Bonchev–Trinajstić information content (AvgIpc) is 3.32. The number of benzene rings is 2. The lowest BCUT2D eigenvalue weighted by molar-refractivity contribution is -0.140. The first-order chi connectivity index (χ1) is 17.8. The number of aromatic nitrogens is 1. The molecule has 2 saturated heterocycles. The van der Waals surface area contributed by atoms with E-state index in [2.05, 4.69) is 34.3 Å². The lowest BCUT2D eigenvalue weighted by atomic mass is 9.84. The molecule has 1 unspecified atom stereocenters. The van der Waals surface area contributed by atoms with Gasteiger partial charge in [0.1, 0.15) is 5.82 Å². The number of amides is 1. The molecule has 5 rings (SSSR count). The summed E-state index contributed by atoms with van der Waals surface area (Å²) in [6.45, 7) is 2.87. The summed E-state index contributed by atoms with van der Waals surface area (Å²) in [5, 5.41) is 23.7. The molecule has 37 heavy (non-hydrogen) atoms. The topological polar surface area (TPSA) is 79.8 Å². The molecule has 0 radical (unpaired) electrons. The molecule has 2 aliphatic heterocycles. The fourth-order valence-corrected chi connectivity index (χ4v) is 5.89. The fourth-order valence-electron chi connectivity index (χ4n) is 5.66. The quantitative estimate of drug-likeness (QED) is 0.412. The minimum absolute atomic E-state index is 0.212. The average molecular weight is 526 g/mol. The van der Waals surface area contributed by atoms with Gasteiger partial charge in [-0.2, -0.15) is 0 Å². The zero-order valence-electron chi connectivity index (χ0n) is 20.7. The van der Waals surface area contributed by atoms with Gasteiger partial charge in [0.15, 0.2) is 0 Å². The second kappa shape index (κ2) is 11.0. The van der Waals surface area contributed by atoms with Crippen molar-refractivity contribution in [2.75, 3.05) is 32.7 Å². The van der Waals surface area contributed by atoms with E-state index in [-0.39, 0.29) is 10.9 Å². The number of hydrogen-bond acceptors (Lipinski definition) is 4. The Balaban J connectivity index is 1.10. The molecule has 2 aliphatic rings.